The Morgan fingerprint density at radius 2 is 2.11 bits per heavy atom. The summed E-state index contributed by atoms with van der Waals surface area (Å²) in [5.74, 6) is -0.632. The maximum absolute atomic E-state index is 12.3. The molecule has 1 heterocycles. The summed E-state index contributed by atoms with van der Waals surface area (Å²) in [5.41, 5.74) is -0.921. The van der Waals surface area contributed by atoms with Gasteiger partial charge in [0.15, 0.2) is 0 Å². The van der Waals surface area contributed by atoms with Crippen LogP contribution in [0.25, 0.3) is 0 Å². The van der Waals surface area contributed by atoms with Crippen molar-refractivity contribution in [3.05, 3.63) is 24.0 Å². The third-order valence-electron chi connectivity index (χ3n) is 2.96. The highest BCUT2D eigenvalue weighted by Gasteiger charge is 2.30. The van der Waals surface area contributed by atoms with Crippen LogP contribution in [0.1, 0.15) is 30.8 Å². The van der Waals surface area contributed by atoms with Gasteiger partial charge in [-0.05, 0) is 25.5 Å². The van der Waals surface area contributed by atoms with E-state index in [2.05, 4.69) is 5.32 Å². The molecule has 0 saturated heterocycles. The molecule has 7 heteroatoms. The Labute approximate surface area is 109 Å². The molecule has 0 saturated carbocycles. The van der Waals surface area contributed by atoms with Crippen LogP contribution in [0.4, 0.5) is 13.2 Å². The summed E-state index contributed by atoms with van der Waals surface area (Å²) >= 11 is 0. The van der Waals surface area contributed by atoms with Gasteiger partial charge in [0.25, 0.3) is 5.91 Å². The number of amides is 1. The molecule has 4 nitrogen and oxygen atoms in total. The molecule has 1 aromatic rings. The van der Waals surface area contributed by atoms with Crippen LogP contribution < -0.4 is 5.32 Å². The number of aromatic nitrogens is 1. The minimum absolute atomic E-state index is 0.0783. The summed E-state index contributed by atoms with van der Waals surface area (Å²) in [5, 5.41) is 11.7. The van der Waals surface area contributed by atoms with Crippen molar-refractivity contribution in [3.8, 4) is 0 Å². The number of nitrogens with zero attached hydrogens (tertiary/aromatic N) is 1. The molecule has 0 bridgehead atoms. The lowest BCUT2D eigenvalue weighted by atomic mass is 10.00. The van der Waals surface area contributed by atoms with E-state index in [0.717, 1.165) is 4.57 Å². The molecule has 2 N–H and O–H groups in total. The zero-order valence-electron chi connectivity index (χ0n) is 10.8. The van der Waals surface area contributed by atoms with Crippen molar-refractivity contribution in [2.24, 2.45) is 0 Å². The fourth-order valence-electron chi connectivity index (χ4n) is 1.53. The van der Waals surface area contributed by atoms with Gasteiger partial charge in [0, 0.05) is 6.20 Å². The van der Waals surface area contributed by atoms with E-state index in [4.69, 9.17) is 0 Å². The molecule has 0 aliphatic heterocycles. The molecule has 19 heavy (non-hydrogen) atoms. The normalized spacial score (nSPS) is 15.1. The van der Waals surface area contributed by atoms with Crippen molar-refractivity contribution in [3.63, 3.8) is 0 Å². The molecule has 0 radical (unpaired) electrons. The summed E-state index contributed by atoms with van der Waals surface area (Å²) in [7, 11) is 0. The van der Waals surface area contributed by atoms with E-state index in [1.165, 1.54) is 18.3 Å². The molecular formula is C12H17F3N2O2. The van der Waals surface area contributed by atoms with Gasteiger partial charge in [-0.15, -0.1) is 0 Å². The smallest absolute Gasteiger partial charge is 0.394 e. The lowest BCUT2D eigenvalue weighted by molar-refractivity contribution is -0.140. The highest BCUT2D eigenvalue weighted by atomic mass is 19.4. The van der Waals surface area contributed by atoms with Crippen molar-refractivity contribution < 1.29 is 23.1 Å². The number of hydrogen-bond donors (Lipinski definition) is 2. The number of nitrogens with one attached hydrogen (secondary N) is 1. The zero-order chi connectivity index (χ0) is 14.7. The first kappa shape index (κ1) is 15.6. The van der Waals surface area contributed by atoms with Crippen molar-refractivity contribution in [1.29, 1.82) is 0 Å². The van der Waals surface area contributed by atoms with Gasteiger partial charge in [-0.1, -0.05) is 6.92 Å². The van der Waals surface area contributed by atoms with Crippen molar-refractivity contribution in [1.82, 2.24) is 9.88 Å². The molecule has 1 rings (SSSR count). The summed E-state index contributed by atoms with van der Waals surface area (Å²) < 4.78 is 37.9. The van der Waals surface area contributed by atoms with Gasteiger partial charge in [0.1, 0.15) is 12.2 Å². The number of aliphatic hydroxyl groups excluding tert-OH is 1. The molecule has 1 amide bonds. The van der Waals surface area contributed by atoms with E-state index in [1.54, 1.807) is 13.8 Å². The lowest BCUT2D eigenvalue weighted by Crippen LogP contribution is -2.49. The van der Waals surface area contributed by atoms with Gasteiger partial charge >= 0.3 is 6.18 Å². The van der Waals surface area contributed by atoms with E-state index in [-0.39, 0.29) is 12.3 Å². The first-order chi connectivity index (χ1) is 8.71. The van der Waals surface area contributed by atoms with E-state index in [9.17, 15) is 23.1 Å². The minimum atomic E-state index is -4.39. The Kier molecular flexibility index (Phi) is 4.62. The third-order valence-corrected chi connectivity index (χ3v) is 2.96. The molecule has 0 spiro atoms. The number of alkyl halides is 3. The molecule has 0 fully saturated rings. The molecule has 1 unspecified atom stereocenters. The van der Waals surface area contributed by atoms with E-state index in [0.29, 0.717) is 6.42 Å². The molecule has 1 aromatic heterocycles. The van der Waals surface area contributed by atoms with Crippen LogP contribution in [0, 0.1) is 0 Å². The summed E-state index contributed by atoms with van der Waals surface area (Å²) in [6, 6.07) is 2.69. The molecule has 0 aliphatic carbocycles. The maximum Gasteiger partial charge on any atom is 0.406 e. The van der Waals surface area contributed by atoms with Gasteiger partial charge in [-0.25, -0.2) is 0 Å². The standard InChI is InChI=1S/C12H17F3N2O2/c1-3-11(2,8-18)16-10(19)9-5-4-6-17(9)7-12(13,14)15/h4-6,18H,3,7-8H2,1-2H3,(H,16,19). The van der Waals surface area contributed by atoms with Gasteiger partial charge in [-0.3, -0.25) is 4.79 Å². The van der Waals surface area contributed by atoms with E-state index in [1.807, 2.05) is 0 Å². The Morgan fingerprint density at radius 1 is 1.47 bits per heavy atom. The predicted octanol–water partition coefficient (Wildman–Crippen LogP) is 1.94. The average molecular weight is 278 g/mol. The largest absolute Gasteiger partial charge is 0.406 e. The Morgan fingerprint density at radius 3 is 2.58 bits per heavy atom. The van der Waals surface area contributed by atoms with Gasteiger partial charge in [-0.2, -0.15) is 13.2 Å². The van der Waals surface area contributed by atoms with Crippen LogP contribution >= 0.6 is 0 Å². The van der Waals surface area contributed by atoms with Crippen molar-refractivity contribution in [2.75, 3.05) is 6.61 Å². The minimum Gasteiger partial charge on any atom is -0.394 e. The number of hydrogen-bond acceptors (Lipinski definition) is 2. The van der Waals surface area contributed by atoms with E-state index >= 15 is 0 Å². The topological polar surface area (TPSA) is 54.3 Å². The molecule has 0 aromatic carbocycles. The first-order valence-corrected chi connectivity index (χ1v) is 5.86. The summed E-state index contributed by atoms with van der Waals surface area (Å²) in [4.78, 5) is 11.9. The summed E-state index contributed by atoms with van der Waals surface area (Å²) in [6.45, 7) is 1.90. The van der Waals surface area contributed by atoms with Crippen LogP contribution in [0.15, 0.2) is 18.3 Å². The predicted molar refractivity (Wildman–Crippen MR) is 63.7 cm³/mol. The second-order valence-corrected chi connectivity index (χ2v) is 4.66. The van der Waals surface area contributed by atoms with Crippen LogP contribution in [0.2, 0.25) is 0 Å². The zero-order valence-corrected chi connectivity index (χ0v) is 10.8. The highest BCUT2D eigenvalue weighted by Crippen LogP contribution is 2.19. The third kappa shape index (κ3) is 4.27. The number of carbonyl (C=O) groups is 1. The quantitative estimate of drug-likeness (QED) is 0.865. The summed E-state index contributed by atoms with van der Waals surface area (Å²) in [6.07, 6.45) is -2.72. The Balaban J connectivity index is 2.87. The number of halogens is 3. The van der Waals surface area contributed by atoms with Gasteiger partial charge in [0.2, 0.25) is 0 Å². The van der Waals surface area contributed by atoms with Crippen molar-refractivity contribution >= 4 is 5.91 Å². The van der Waals surface area contributed by atoms with Crippen LogP contribution in [-0.2, 0) is 6.54 Å². The molecule has 108 valence electrons. The monoisotopic (exact) mass is 278 g/mol. The second-order valence-electron chi connectivity index (χ2n) is 4.66. The van der Waals surface area contributed by atoms with Crippen molar-refractivity contribution in [2.45, 2.75) is 38.5 Å². The Hall–Kier alpha value is -1.50. The lowest BCUT2D eigenvalue weighted by Gasteiger charge is -2.27. The fourth-order valence-corrected chi connectivity index (χ4v) is 1.53. The molecule has 0 aliphatic rings. The number of aliphatic hydroxyl groups is 1. The average Bonchev–Trinajstić information content (AvgIpc) is 2.74. The molecule has 1 atom stereocenters. The van der Waals surface area contributed by atoms with Crippen LogP contribution in [-0.4, -0.2) is 33.9 Å². The van der Waals surface area contributed by atoms with Gasteiger partial charge < -0.3 is 15.0 Å². The Bertz CT molecular complexity index is 436. The second kappa shape index (κ2) is 5.64. The molecular weight excluding hydrogens is 261 g/mol. The number of carbonyl (C=O) groups excluding carboxylic acids is 1. The fraction of sp³-hybridized carbons (Fsp3) is 0.583. The van der Waals surface area contributed by atoms with E-state index < -0.39 is 24.2 Å². The van der Waals surface area contributed by atoms with Crippen LogP contribution in [0.5, 0.6) is 0 Å². The number of rotatable bonds is 5. The van der Waals surface area contributed by atoms with Gasteiger partial charge in [0.05, 0.1) is 12.1 Å². The SMILES string of the molecule is CCC(C)(CO)NC(=O)c1cccn1CC(F)(F)F. The highest BCUT2D eigenvalue weighted by molar-refractivity contribution is 5.93. The van der Waals surface area contributed by atoms with Crippen LogP contribution in [0.3, 0.4) is 0 Å². The first-order valence-electron chi connectivity index (χ1n) is 5.86. The maximum atomic E-state index is 12.3.